The van der Waals surface area contributed by atoms with E-state index in [2.05, 4.69) is 20.2 Å². The normalized spacial score (nSPS) is 18.8. The highest BCUT2D eigenvalue weighted by molar-refractivity contribution is 6.01. The number of carbonyl (C=O) groups excluding carboxylic acids is 1. The van der Waals surface area contributed by atoms with Gasteiger partial charge in [-0.3, -0.25) is 4.79 Å². The lowest BCUT2D eigenvalue weighted by Crippen LogP contribution is -2.37. The largest absolute Gasteiger partial charge is 0.364 e. The summed E-state index contributed by atoms with van der Waals surface area (Å²) in [6.07, 6.45) is 7.38. The number of likely N-dealkylation sites (tertiary alicyclic amines) is 1. The Balaban J connectivity index is 1.28. The molecule has 2 fully saturated rings. The van der Waals surface area contributed by atoms with Crippen molar-refractivity contribution in [3.8, 4) is 0 Å². The molecule has 38 heavy (non-hydrogen) atoms. The molecule has 2 aliphatic rings. The van der Waals surface area contributed by atoms with E-state index in [1.165, 1.54) is 25.0 Å². The van der Waals surface area contributed by atoms with Crippen LogP contribution < -0.4 is 10.2 Å². The molecular weight excluding hydrogens is 484 g/mol. The van der Waals surface area contributed by atoms with Crippen LogP contribution in [-0.2, 0) is 0 Å². The molecule has 1 amide bonds. The lowest BCUT2D eigenvalue weighted by Gasteiger charge is -2.27. The molecule has 6 rings (SSSR count). The Morgan fingerprint density at radius 1 is 1.00 bits per heavy atom. The number of rotatable bonds is 7. The molecule has 0 spiro atoms. The Labute approximate surface area is 220 Å². The van der Waals surface area contributed by atoms with Gasteiger partial charge in [-0.15, -0.1) is 0 Å². The van der Waals surface area contributed by atoms with Crippen LogP contribution in [0.1, 0.15) is 59.3 Å². The molecule has 6 nitrogen and oxygen atoms in total. The highest BCUT2D eigenvalue weighted by Gasteiger charge is 2.30. The zero-order valence-corrected chi connectivity index (χ0v) is 21.2. The van der Waals surface area contributed by atoms with Crippen LogP contribution in [0.3, 0.4) is 0 Å². The number of nitrogens with one attached hydrogen (secondary N) is 1. The summed E-state index contributed by atoms with van der Waals surface area (Å²) in [7, 11) is 0. The second-order valence-corrected chi connectivity index (χ2v) is 10.2. The average molecular weight is 516 g/mol. The molecule has 0 bridgehead atoms. The second kappa shape index (κ2) is 10.5. The fourth-order valence-corrected chi connectivity index (χ4v) is 5.87. The van der Waals surface area contributed by atoms with Crippen molar-refractivity contribution in [2.45, 2.75) is 37.8 Å². The van der Waals surface area contributed by atoms with E-state index in [1.807, 2.05) is 48.7 Å². The molecule has 0 saturated carbocycles. The lowest BCUT2D eigenvalue weighted by atomic mass is 10.0. The second-order valence-electron chi connectivity index (χ2n) is 10.2. The van der Waals surface area contributed by atoms with Gasteiger partial charge in [0.05, 0.1) is 29.4 Å². The van der Waals surface area contributed by atoms with Crippen LogP contribution >= 0.6 is 0 Å². The molecule has 0 aliphatic carbocycles. The quantitative estimate of drug-likeness (QED) is 0.352. The van der Waals surface area contributed by atoms with Crippen LogP contribution in [-0.4, -0.2) is 46.6 Å². The monoisotopic (exact) mass is 515 g/mol. The number of amides is 1. The van der Waals surface area contributed by atoms with Gasteiger partial charge in [-0.1, -0.05) is 30.3 Å². The maximum absolute atomic E-state index is 14.6. The Morgan fingerprint density at radius 2 is 1.82 bits per heavy atom. The third kappa shape index (κ3) is 4.88. The van der Waals surface area contributed by atoms with Gasteiger partial charge in [-0.2, -0.15) is 5.10 Å². The van der Waals surface area contributed by atoms with Gasteiger partial charge in [-0.25, -0.2) is 13.3 Å². The summed E-state index contributed by atoms with van der Waals surface area (Å²) >= 11 is 0. The lowest BCUT2D eigenvalue weighted by molar-refractivity contribution is 0.0929. The van der Waals surface area contributed by atoms with E-state index in [-0.39, 0.29) is 18.0 Å². The summed E-state index contributed by atoms with van der Waals surface area (Å²) in [4.78, 5) is 18.1. The third-order valence-electron chi connectivity index (χ3n) is 7.80. The van der Waals surface area contributed by atoms with E-state index < -0.39 is 11.6 Å². The Bertz CT molecular complexity index is 1430. The SMILES string of the molecule is O=C(N[C@H](CN1CCCC1)c1ccccc1)c1cnn2ccc(N3CCC[C@@H]3c3cc(F)ccc3F)cc12. The highest BCUT2D eigenvalue weighted by Crippen LogP contribution is 2.38. The summed E-state index contributed by atoms with van der Waals surface area (Å²) in [5.41, 5.74) is 3.46. The van der Waals surface area contributed by atoms with Crippen LogP contribution in [0.15, 0.2) is 73.1 Å². The van der Waals surface area contributed by atoms with Crippen LogP contribution in [0.4, 0.5) is 14.5 Å². The molecule has 4 heterocycles. The first kappa shape index (κ1) is 24.6. The number of carbonyl (C=O) groups is 1. The van der Waals surface area contributed by atoms with Crippen LogP contribution in [0.5, 0.6) is 0 Å². The first-order chi connectivity index (χ1) is 18.6. The molecule has 2 atom stereocenters. The number of halogens is 2. The highest BCUT2D eigenvalue weighted by atomic mass is 19.1. The Morgan fingerprint density at radius 3 is 2.63 bits per heavy atom. The van der Waals surface area contributed by atoms with Gasteiger partial charge in [-0.05, 0) is 74.7 Å². The van der Waals surface area contributed by atoms with Gasteiger partial charge in [0, 0.05) is 30.5 Å². The Kier molecular flexibility index (Phi) is 6.81. The van der Waals surface area contributed by atoms with Crippen molar-refractivity contribution in [3.05, 3.63) is 101 Å². The minimum atomic E-state index is -0.444. The number of pyridine rings is 1. The van der Waals surface area contributed by atoms with E-state index in [0.717, 1.165) is 56.3 Å². The Hall–Kier alpha value is -3.78. The molecule has 2 aliphatic heterocycles. The van der Waals surface area contributed by atoms with Gasteiger partial charge in [0.2, 0.25) is 0 Å². The van der Waals surface area contributed by atoms with Crippen molar-refractivity contribution in [1.82, 2.24) is 19.8 Å². The average Bonchev–Trinajstić information content (AvgIpc) is 3.71. The van der Waals surface area contributed by atoms with Crippen molar-refractivity contribution in [3.63, 3.8) is 0 Å². The minimum Gasteiger partial charge on any atom is -0.364 e. The van der Waals surface area contributed by atoms with E-state index in [9.17, 15) is 13.6 Å². The third-order valence-corrected chi connectivity index (χ3v) is 7.80. The minimum absolute atomic E-state index is 0.140. The van der Waals surface area contributed by atoms with Gasteiger partial charge in [0.15, 0.2) is 0 Å². The fraction of sp³-hybridized carbons (Fsp3) is 0.333. The van der Waals surface area contributed by atoms with Crippen molar-refractivity contribution >= 4 is 17.1 Å². The standard InChI is InChI=1S/C30H31F2N5O/c31-22-10-11-26(32)24(17-22)28-9-6-15-36(28)23-12-16-37-29(18-23)25(19-33-37)30(38)34-27(20-35-13-4-5-14-35)21-7-2-1-3-8-21/h1-3,7-8,10-12,16-19,27-28H,4-6,9,13-15,20H2,(H,34,38)/t27-,28-/m1/s1. The number of hydrogen-bond donors (Lipinski definition) is 1. The van der Waals surface area contributed by atoms with Crippen molar-refractivity contribution in [2.75, 3.05) is 31.1 Å². The molecule has 196 valence electrons. The number of benzene rings is 2. The molecule has 0 unspecified atom stereocenters. The van der Waals surface area contributed by atoms with E-state index in [4.69, 9.17) is 0 Å². The number of anilines is 1. The van der Waals surface area contributed by atoms with Crippen LogP contribution in [0.25, 0.3) is 5.52 Å². The summed E-state index contributed by atoms with van der Waals surface area (Å²) in [6, 6.07) is 17.1. The topological polar surface area (TPSA) is 52.9 Å². The van der Waals surface area contributed by atoms with E-state index >= 15 is 0 Å². The van der Waals surface area contributed by atoms with Crippen molar-refractivity contribution in [1.29, 1.82) is 0 Å². The maximum Gasteiger partial charge on any atom is 0.255 e. The summed E-state index contributed by atoms with van der Waals surface area (Å²) < 4.78 is 30.3. The number of fused-ring (bicyclic) bond motifs is 1. The molecule has 1 N–H and O–H groups in total. The summed E-state index contributed by atoms with van der Waals surface area (Å²) in [6.45, 7) is 3.57. The van der Waals surface area contributed by atoms with E-state index in [0.29, 0.717) is 16.6 Å². The molecule has 2 aromatic heterocycles. The number of nitrogens with zero attached hydrogens (tertiary/aromatic N) is 4. The predicted molar refractivity (Wildman–Crippen MR) is 143 cm³/mol. The molecule has 2 aromatic carbocycles. The maximum atomic E-state index is 14.6. The smallest absolute Gasteiger partial charge is 0.255 e. The predicted octanol–water partition coefficient (Wildman–Crippen LogP) is 5.52. The van der Waals surface area contributed by atoms with Crippen molar-refractivity contribution < 1.29 is 13.6 Å². The number of hydrogen-bond acceptors (Lipinski definition) is 4. The van der Waals surface area contributed by atoms with Gasteiger partial charge < -0.3 is 15.1 Å². The molecular formula is C30H31F2N5O. The van der Waals surface area contributed by atoms with Gasteiger partial charge in [0.25, 0.3) is 5.91 Å². The molecule has 0 radical (unpaired) electrons. The molecule has 4 aromatic rings. The van der Waals surface area contributed by atoms with Gasteiger partial charge in [0.1, 0.15) is 11.6 Å². The molecule has 8 heteroatoms. The summed E-state index contributed by atoms with van der Waals surface area (Å²) in [5, 5.41) is 7.66. The molecule has 2 saturated heterocycles. The zero-order valence-electron chi connectivity index (χ0n) is 21.2. The first-order valence-corrected chi connectivity index (χ1v) is 13.3. The van der Waals surface area contributed by atoms with Crippen LogP contribution in [0.2, 0.25) is 0 Å². The van der Waals surface area contributed by atoms with E-state index in [1.54, 1.807) is 10.7 Å². The fourth-order valence-electron chi connectivity index (χ4n) is 5.87. The zero-order chi connectivity index (χ0) is 26.1. The summed E-state index contributed by atoms with van der Waals surface area (Å²) in [5.74, 6) is -1.03. The van der Waals surface area contributed by atoms with Gasteiger partial charge >= 0.3 is 0 Å². The number of aromatic nitrogens is 2. The van der Waals surface area contributed by atoms with Crippen molar-refractivity contribution in [2.24, 2.45) is 0 Å². The van der Waals surface area contributed by atoms with Crippen LogP contribution in [0, 0.1) is 11.6 Å². The first-order valence-electron chi connectivity index (χ1n) is 13.3.